The fraction of sp³-hybridized carbons (Fsp3) is 0.364. The Kier molecular flexibility index (Phi) is 2.87. The summed E-state index contributed by atoms with van der Waals surface area (Å²) in [5, 5.41) is 3.20. The molecule has 2 rings (SSSR count). The average Bonchev–Trinajstić information content (AvgIpc) is 2.30. The molecule has 0 radical (unpaired) electrons. The average molecular weight is 205 g/mol. The Hall–Kier alpha value is -1.55. The normalized spacial score (nSPS) is 21.3. The van der Waals surface area contributed by atoms with Crippen molar-refractivity contribution in [3.05, 3.63) is 24.3 Å². The number of benzene rings is 1. The van der Waals surface area contributed by atoms with Crippen molar-refractivity contribution in [3.63, 3.8) is 0 Å². The Labute approximate surface area is 89.1 Å². The van der Waals surface area contributed by atoms with Crippen LogP contribution in [0, 0.1) is 0 Å². The minimum absolute atomic E-state index is 0.0672. The van der Waals surface area contributed by atoms with Crippen LogP contribution in [0.5, 0.6) is 0 Å². The van der Waals surface area contributed by atoms with Crippen LogP contribution in [-0.2, 0) is 4.79 Å². The van der Waals surface area contributed by atoms with E-state index in [4.69, 9.17) is 5.73 Å². The van der Waals surface area contributed by atoms with Gasteiger partial charge in [0.25, 0.3) is 0 Å². The Morgan fingerprint density at radius 1 is 1.40 bits per heavy atom. The molecule has 0 saturated carbocycles. The third-order valence-electron chi connectivity index (χ3n) is 2.67. The Balaban J connectivity index is 2.20. The summed E-state index contributed by atoms with van der Waals surface area (Å²) in [7, 11) is 0. The summed E-state index contributed by atoms with van der Waals surface area (Å²) in [6.07, 6.45) is 0.989. The van der Waals surface area contributed by atoms with Crippen molar-refractivity contribution in [1.29, 1.82) is 0 Å². The lowest BCUT2D eigenvalue weighted by molar-refractivity contribution is -0.109. The van der Waals surface area contributed by atoms with E-state index in [1.54, 1.807) is 0 Å². The summed E-state index contributed by atoms with van der Waals surface area (Å²) < 4.78 is 0. The van der Waals surface area contributed by atoms with Gasteiger partial charge in [-0.25, -0.2) is 0 Å². The molecule has 0 aliphatic carbocycles. The van der Waals surface area contributed by atoms with E-state index in [-0.39, 0.29) is 6.04 Å². The molecule has 1 saturated heterocycles. The van der Waals surface area contributed by atoms with Crippen LogP contribution in [0.4, 0.5) is 11.4 Å². The van der Waals surface area contributed by atoms with E-state index in [2.05, 4.69) is 10.2 Å². The van der Waals surface area contributed by atoms with Gasteiger partial charge in [-0.15, -0.1) is 0 Å². The maximum atomic E-state index is 10.9. The van der Waals surface area contributed by atoms with Crippen LogP contribution in [-0.4, -0.2) is 32.0 Å². The van der Waals surface area contributed by atoms with Crippen LogP contribution in [0.25, 0.3) is 0 Å². The molecule has 1 heterocycles. The first kappa shape index (κ1) is 9.98. The van der Waals surface area contributed by atoms with E-state index in [1.807, 2.05) is 24.3 Å². The number of hydrogen-bond acceptors (Lipinski definition) is 4. The molecule has 3 N–H and O–H groups in total. The fourth-order valence-corrected chi connectivity index (χ4v) is 1.83. The van der Waals surface area contributed by atoms with Crippen molar-refractivity contribution in [2.24, 2.45) is 0 Å². The molecule has 4 nitrogen and oxygen atoms in total. The third-order valence-corrected chi connectivity index (χ3v) is 2.67. The maximum absolute atomic E-state index is 10.9. The number of aldehydes is 1. The summed E-state index contributed by atoms with van der Waals surface area (Å²) in [6.45, 7) is 2.48. The summed E-state index contributed by atoms with van der Waals surface area (Å²) in [6, 6.07) is 7.56. The Morgan fingerprint density at radius 3 is 2.80 bits per heavy atom. The molecule has 1 aliphatic rings. The van der Waals surface area contributed by atoms with Gasteiger partial charge in [-0.2, -0.15) is 0 Å². The molecule has 1 unspecified atom stereocenters. The largest absolute Gasteiger partial charge is 0.399 e. The molecule has 1 aromatic rings. The molecule has 4 heteroatoms. The van der Waals surface area contributed by atoms with E-state index in [0.29, 0.717) is 6.54 Å². The fourth-order valence-electron chi connectivity index (χ4n) is 1.83. The number of piperazine rings is 1. The van der Waals surface area contributed by atoms with Crippen molar-refractivity contribution < 1.29 is 4.79 Å². The van der Waals surface area contributed by atoms with Crippen molar-refractivity contribution in [3.8, 4) is 0 Å². The number of nitrogens with one attached hydrogen (secondary N) is 1. The number of rotatable bonds is 2. The maximum Gasteiger partial charge on any atom is 0.143 e. The zero-order valence-corrected chi connectivity index (χ0v) is 8.52. The van der Waals surface area contributed by atoms with Gasteiger partial charge in [0.2, 0.25) is 0 Å². The van der Waals surface area contributed by atoms with Crippen LogP contribution in [0.2, 0.25) is 0 Å². The molecule has 80 valence electrons. The topological polar surface area (TPSA) is 58.4 Å². The van der Waals surface area contributed by atoms with Gasteiger partial charge in [0, 0.05) is 31.0 Å². The summed E-state index contributed by atoms with van der Waals surface area (Å²) >= 11 is 0. The van der Waals surface area contributed by atoms with Crippen LogP contribution < -0.4 is 16.0 Å². The molecule has 0 aromatic heterocycles. The zero-order chi connectivity index (χ0) is 10.7. The first-order valence-electron chi connectivity index (χ1n) is 5.09. The number of nitrogens with zero attached hydrogens (tertiary/aromatic N) is 1. The molecule has 1 aromatic carbocycles. The highest BCUT2D eigenvalue weighted by Crippen LogP contribution is 2.18. The smallest absolute Gasteiger partial charge is 0.143 e. The predicted molar refractivity (Wildman–Crippen MR) is 60.9 cm³/mol. The molecular weight excluding hydrogens is 190 g/mol. The number of carbonyl (C=O) groups excluding carboxylic acids is 1. The second kappa shape index (κ2) is 4.31. The van der Waals surface area contributed by atoms with E-state index < -0.39 is 0 Å². The van der Waals surface area contributed by atoms with Crippen LogP contribution in [0.3, 0.4) is 0 Å². The highest BCUT2D eigenvalue weighted by atomic mass is 16.1. The number of carbonyl (C=O) groups is 1. The van der Waals surface area contributed by atoms with Gasteiger partial charge in [-0.05, 0) is 24.3 Å². The van der Waals surface area contributed by atoms with Crippen molar-refractivity contribution >= 4 is 17.7 Å². The zero-order valence-electron chi connectivity index (χ0n) is 8.52. The van der Waals surface area contributed by atoms with Gasteiger partial charge >= 0.3 is 0 Å². The highest BCUT2D eigenvalue weighted by Gasteiger charge is 2.21. The SMILES string of the molecule is Nc1ccc(N2CCNCC2C=O)cc1. The van der Waals surface area contributed by atoms with Crippen molar-refractivity contribution in [2.75, 3.05) is 30.3 Å². The van der Waals surface area contributed by atoms with Gasteiger partial charge in [-0.3, -0.25) is 0 Å². The lowest BCUT2D eigenvalue weighted by Gasteiger charge is -2.34. The predicted octanol–water partition coefficient (Wildman–Crippen LogP) is 0.246. The number of nitrogen functional groups attached to an aromatic ring is 1. The number of anilines is 2. The summed E-state index contributed by atoms with van der Waals surface area (Å²) in [4.78, 5) is 13.0. The molecular formula is C11H15N3O. The second-order valence-electron chi connectivity index (χ2n) is 3.69. The lowest BCUT2D eigenvalue weighted by Crippen LogP contribution is -2.52. The molecule has 15 heavy (non-hydrogen) atoms. The first-order valence-corrected chi connectivity index (χ1v) is 5.09. The lowest BCUT2D eigenvalue weighted by atomic mass is 10.1. The van der Waals surface area contributed by atoms with E-state index in [1.165, 1.54) is 0 Å². The van der Waals surface area contributed by atoms with E-state index in [0.717, 1.165) is 30.8 Å². The Morgan fingerprint density at radius 2 is 2.13 bits per heavy atom. The monoisotopic (exact) mass is 205 g/mol. The Bertz CT molecular complexity index is 336. The first-order chi connectivity index (χ1) is 7.31. The summed E-state index contributed by atoms with van der Waals surface area (Å²) in [5.41, 5.74) is 7.43. The van der Waals surface area contributed by atoms with Gasteiger partial charge < -0.3 is 20.7 Å². The molecule has 0 spiro atoms. The van der Waals surface area contributed by atoms with Crippen LogP contribution in [0.1, 0.15) is 0 Å². The van der Waals surface area contributed by atoms with Gasteiger partial charge in [0.05, 0.1) is 6.04 Å². The highest BCUT2D eigenvalue weighted by molar-refractivity contribution is 5.67. The molecule has 0 amide bonds. The van der Waals surface area contributed by atoms with Crippen LogP contribution in [0.15, 0.2) is 24.3 Å². The minimum atomic E-state index is -0.0672. The molecule has 1 atom stereocenters. The number of nitrogens with two attached hydrogens (primary N) is 1. The van der Waals surface area contributed by atoms with Gasteiger partial charge in [0.15, 0.2) is 0 Å². The van der Waals surface area contributed by atoms with Gasteiger partial charge in [-0.1, -0.05) is 0 Å². The standard InChI is InChI=1S/C11H15N3O/c12-9-1-3-10(4-2-9)14-6-5-13-7-11(14)8-15/h1-4,8,11,13H,5-7,12H2. The van der Waals surface area contributed by atoms with Crippen molar-refractivity contribution in [2.45, 2.75) is 6.04 Å². The molecule has 1 aliphatic heterocycles. The van der Waals surface area contributed by atoms with Crippen LogP contribution >= 0.6 is 0 Å². The van der Waals surface area contributed by atoms with E-state index in [9.17, 15) is 4.79 Å². The van der Waals surface area contributed by atoms with Gasteiger partial charge in [0.1, 0.15) is 6.29 Å². The number of hydrogen-bond donors (Lipinski definition) is 2. The molecule has 0 bridgehead atoms. The summed E-state index contributed by atoms with van der Waals surface area (Å²) in [5.74, 6) is 0. The quantitative estimate of drug-likeness (QED) is 0.536. The second-order valence-corrected chi connectivity index (χ2v) is 3.69. The molecule has 1 fully saturated rings. The van der Waals surface area contributed by atoms with Crippen molar-refractivity contribution in [1.82, 2.24) is 5.32 Å². The minimum Gasteiger partial charge on any atom is -0.399 e. The third kappa shape index (κ3) is 2.10. The van der Waals surface area contributed by atoms with E-state index >= 15 is 0 Å².